The first kappa shape index (κ1) is 27.3. The highest BCUT2D eigenvalue weighted by Gasteiger charge is 2.84. The Morgan fingerprint density at radius 3 is 2.14 bits per heavy atom. The number of aliphatic hydroxyl groups excluding tert-OH is 5. The van der Waals surface area contributed by atoms with Crippen LogP contribution in [0.5, 0.6) is 0 Å². The lowest BCUT2D eigenvalue weighted by Gasteiger charge is -2.64. The monoisotopic (exact) mass is 508 g/mol. The second-order valence-electron chi connectivity index (χ2n) is 15.7. The summed E-state index contributed by atoms with van der Waals surface area (Å²) in [5.41, 5.74) is -1.65. The number of rotatable bonds is 5. The Labute approximate surface area is 217 Å². The molecule has 0 aliphatic heterocycles. The van der Waals surface area contributed by atoms with Crippen LogP contribution in [0.4, 0.5) is 0 Å². The Kier molecular flexibility index (Phi) is 6.01. The standard InChI is InChI=1S/C30H52O6/c1-16(12-18(32)24(35)26(4,5)36)22-19(33)14-28(7)20-13-17(31)23-25(2,3)21(34)8-9-30(23)15-29(20,30)11-10-27(22,28)6/h16-24,31-36H,8-15H2,1-7H3/t16-,17+,18+,19+,20+,21+,22+,23+,24+,27-,28+,29+,30-/m1/s1. The van der Waals surface area contributed by atoms with Crippen LogP contribution in [-0.2, 0) is 0 Å². The fourth-order valence-corrected chi connectivity index (χ4v) is 11.6. The van der Waals surface area contributed by atoms with Crippen molar-refractivity contribution >= 4 is 0 Å². The third-order valence-electron chi connectivity index (χ3n) is 13.4. The normalized spacial score (nSPS) is 53.9. The Balaban J connectivity index is 1.44. The van der Waals surface area contributed by atoms with Crippen molar-refractivity contribution in [2.45, 2.75) is 136 Å². The Morgan fingerprint density at radius 1 is 0.889 bits per heavy atom. The predicted molar refractivity (Wildman–Crippen MR) is 138 cm³/mol. The molecule has 0 heterocycles. The van der Waals surface area contributed by atoms with Gasteiger partial charge in [-0.3, -0.25) is 0 Å². The molecule has 0 unspecified atom stereocenters. The van der Waals surface area contributed by atoms with Crippen molar-refractivity contribution in [3.8, 4) is 0 Å². The van der Waals surface area contributed by atoms with Crippen LogP contribution >= 0.6 is 0 Å². The lowest BCUT2D eigenvalue weighted by atomic mass is 9.41. The minimum Gasteiger partial charge on any atom is -0.393 e. The van der Waals surface area contributed by atoms with Crippen LogP contribution in [0.3, 0.4) is 0 Å². The molecule has 13 atom stereocenters. The van der Waals surface area contributed by atoms with E-state index in [1.54, 1.807) is 0 Å². The van der Waals surface area contributed by atoms with Crippen LogP contribution in [0.2, 0.25) is 0 Å². The molecule has 0 aromatic heterocycles. The van der Waals surface area contributed by atoms with E-state index in [1.807, 2.05) is 0 Å². The van der Waals surface area contributed by atoms with Crippen molar-refractivity contribution in [2.75, 3.05) is 0 Å². The van der Waals surface area contributed by atoms with Crippen LogP contribution in [0.25, 0.3) is 0 Å². The molecular weight excluding hydrogens is 456 g/mol. The van der Waals surface area contributed by atoms with Gasteiger partial charge >= 0.3 is 0 Å². The molecule has 6 heteroatoms. The van der Waals surface area contributed by atoms with E-state index >= 15 is 0 Å². The van der Waals surface area contributed by atoms with Gasteiger partial charge in [-0.25, -0.2) is 0 Å². The van der Waals surface area contributed by atoms with Gasteiger partial charge in [0.1, 0.15) is 6.10 Å². The highest BCUT2D eigenvalue weighted by Crippen LogP contribution is 2.89. The zero-order valence-corrected chi connectivity index (χ0v) is 23.5. The molecule has 0 amide bonds. The quantitative estimate of drug-likeness (QED) is 0.339. The Bertz CT molecular complexity index is 883. The summed E-state index contributed by atoms with van der Waals surface area (Å²) < 4.78 is 0. The first-order chi connectivity index (χ1) is 16.4. The van der Waals surface area contributed by atoms with Gasteiger partial charge in [-0.05, 0) is 116 Å². The summed E-state index contributed by atoms with van der Waals surface area (Å²) in [4.78, 5) is 0. The first-order valence-corrected chi connectivity index (χ1v) is 14.5. The molecule has 6 nitrogen and oxygen atoms in total. The molecule has 5 aliphatic carbocycles. The molecule has 0 bridgehead atoms. The fraction of sp³-hybridized carbons (Fsp3) is 1.00. The van der Waals surface area contributed by atoms with Gasteiger partial charge in [-0.1, -0.05) is 34.6 Å². The van der Waals surface area contributed by atoms with Gasteiger partial charge in [-0.15, -0.1) is 0 Å². The van der Waals surface area contributed by atoms with Crippen molar-refractivity contribution in [3.63, 3.8) is 0 Å². The van der Waals surface area contributed by atoms with E-state index < -0.39 is 30.0 Å². The molecule has 5 saturated carbocycles. The zero-order valence-electron chi connectivity index (χ0n) is 23.5. The molecule has 5 aliphatic rings. The van der Waals surface area contributed by atoms with E-state index in [-0.39, 0.29) is 50.9 Å². The number of hydrogen-bond donors (Lipinski definition) is 6. The van der Waals surface area contributed by atoms with E-state index in [9.17, 15) is 30.6 Å². The van der Waals surface area contributed by atoms with Crippen LogP contribution in [0.1, 0.15) is 99.8 Å². The van der Waals surface area contributed by atoms with Gasteiger partial charge in [0.15, 0.2) is 0 Å². The van der Waals surface area contributed by atoms with E-state index in [0.717, 1.165) is 38.5 Å². The van der Waals surface area contributed by atoms with Crippen LogP contribution in [-0.4, -0.2) is 66.8 Å². The highest BCUT2D eigenvalue weighted by atomic mass is 16.4. The maximum Gasteiger partial charge on any atom is 0.108 e. The van der Waals surface area contributed by atoms with E-state index in [2.05, 4.69) is 34.6 Å². The molecule has 0 saturated heterocycles. The molecule has 6 N–H and O–H groups in total. The summed E-state index contributed by atoms with van der Waals surface area (Å²) in [6.07, 6.45) is 3.23. The lowest BCUT2D eigenvalue weighted by Crippen LogP contribution is -2.61. The number of aliphatic hydroxyl groups is 6. The summed E-state index contributed by atoms with van der Waals surface area (Å²) in [7, 11) is 0. The SMILES string of the molecule is C[C@H](C[C@H](O)[C@H](O)C(C)(C)O)[C@H]1[C@@H](O)C[C@@]2(C)[C@@H]3C[C@H](O)[C@H]4C(C)(C)[C@@H](O)CC[C@@]45C[C@@]35CC[C@]12C. The van der Waals surface area contributed by atoms with Gasteiger partial charge in [0.25, 0.3) is 0 Å². The summed E-state index contributed by atoms with van der Waals surface area (Å²) in [6.45, 7) is 14.1. The van der Waals surface area contributed by atoms with Crippen molar-refractivity contribution in [1.82, 2.24) is 0 Å². The van der Waals surface area contributed by atoms with Gasteiger partial charge < -0.3 is 30.6 Å². The van der Waals surface area contributed by atoms with Gasteiger partial charge in [0.05, 0.1) is 30.0 Å². The van der Waals surface area contributed by atoms with Gasteiger partial charge in [0, 0.05) is 0 Å². The van der Waals surface area contributed by atoms with Gasteiger partial charge in [-0.2, -0.15) is 0 Å². The lowest BCUT2D eigenvalue weighted by molar-refractivity contribution is -0.199. The second kappa shape index (κ2) is 7.91. The molecule has 5 fully saturated rings. The maximum absolute atomic E-state index is 11.6. The summed E-state index contributed by atoms with van der Waals surface area (Å²) in [5.74, 6) is 0.418. The fourth-order valence-electron chi connectivity index (χ4n) is 11.6. The third kappa shape index (κ3) is 3.24. The molecule has 0 aromatic carbocycles. The highest BCUT2D eigenvalue weighted by molar-refractivity contribution is 5.32. The smallest absolute Gasteiger partial charge is 0.108 e. The summed E-state index contributed by atoms with van der Waals surface area (Å²) in [6, 6.07) is 0. The Hall–Kier alpha value is -0.240. The van der Waals surface area contributed by atoms with Gasteiger partial charge in [0.2, 0.25) is 0 Å². The van der Waals surface area contributed by atoms with E-state index in [0.29, 0.717) is 18.8 Å². The number of fused-ring (bicyclic) bond motifs is 2. The summed E-state index contributed by atoms with van der Waals surface area (Å²) in [5, 5.41) is 65.4. The van der Waals surface area contributed by atoms with Crippen molar-refractivity contribution in [3.05, 3.63) is 0 Å². The first-order valence-electron chi connectivity index (χ1n) is 14.5. The van der Waals surface area contributed by atoms with Crippen molar-refractivity contribution in [1.29, 1.82) is 0 Å². The molecule has 208 valence electrons. The molecule has 5 rings (SSSR count). The molecule has 0 aromatic rings. The maximum atomic E-state index is 11.6. The molecule has 0 radical (unpaired) electrons. The topological polar surface area (TPSA) is 121 Å². The van der Waals surface area contributed by atoms with E-state index in [4.69, 9.17) is 0 Å². The largest absolute Gasteiger partial charge is 0.393 e. The zero-order chi connectivity index (χ0) is 26.9. The minimum absolute atomic E-state index is 0.0160. The van der Waals surface area contributed by atoms with Crippen molar-refractivity contribution in [2.24, 2.45) is 50.7 Å². The molecule has 36 heavy (non-hydrogen) atoms. The van der Waals surface area contributed by atoms with Crippen molar-refractivity contribution < 1.29 is 30.6 Å². The van der Waals surface area contributed by atoms with Crippen LogP contribution < -0.4 is 0 Å². The van der Waals surface area contributed by atoms with Crippen LogP contribution in [0.15, 0.2) is 0 Å². The average Bonchev–Trinajstić information content (AvgIpc) is 3.33. The Morgan fingerprint density at radius 2 is 1.53 bits per heavy atom. The number of hydrogen-bond acceptors (Lipinski definition) is 6. The third-order valence-corrected chi connectivity index (χ3v) is 13.4. The molecule has 2 spiro atoms. The average molecular weight is 509 g/mol. The predicted octanol–water partition coefficient (Wildman–Crippen LogP) is 3.25. The molecular formula is C30H52O6. The second-order valence-corrected chi connectivity index (χ2v) is 15.7. The van der Waals surface area contributed by atoms with E-state index in [1.165, 1.54) is 13.8 Å². The summed E-state index contributed by atoms with van der Waals surface area (Å²) >= 11 is 0. The van der Waals surface area contributed by atoms with Crippen LogP contribution in [0, 0.1) is 50.7 Å². The minimum atomic E-state index is -1.39.